The van der Waals surface area contributed by atoms with Gasteiger partial charge in [-0.05, 0) is 25.5 Å². The van der Waals surface area contributed by atoms with Gasteiger partial charge < -0.3 is 4.74 Å². The molecule has 2 heterocycles. The Morgan fingerprint density at radius 2 is 2.16 bits per heavy atom. The van der Waals surface area contributed by atoms with Gasteiger partial charge in [-0.3, -0.25) is 14.7 Å². The van der Waals surface area contributed by atoms with Crippen molar-refractivity contribution in [2.45, 2.75) is 25.8 Å². The first-order valence-corrected chi connectivity index (χ1v) is 6.84. The van der Waals surface area contributed by atoms with E-state index in [2.05, 4.69) is 9.88 Å². The highest BCUT2D eigenvalue weighted by Crippen LogP contribution is 2.22. The predicted octanol–water partition coefficient (Wildman–Crippen LogP) is 1.96. The number of ketones is 1. The third-order valence-corrected chi connectivity index (χ3v) is 4.03. The maximum atomic E-state index is 12.5. The average Bonchev–Trinajstić information content (AvgIpc) is 2.42. The molecule has 0 N–H and O–H groups in total. The highest BCUT2D eigenvalue weighted by molar-refractivity contribution is 6.31. The number of morpholine rings is 1. The molecule has 1 aromatic rings. The van der Waals surface area contributed by atoms with E-state index >= 15 is 0 Å². The molecule has 1 saturated heterocycles. The number of pyridine rings is 1. The fourth-order valence-corrected chi connectivity index (χ4v) is 2.42. The van der Waals surface area contributed by atoms with Crippen LogP contribution in [0.3, 0.4) is 0 Å². The summed E-state index contributed by atoms with van der Waals surface area (Å²) in [4.78, 5) is 18.6. The molecular formula is C14H19ClN2O2. The molecule has 0 unspecified atom stereocenters. The number of halogens is 1. The van der Waals surface area contributed by atoms with E-state index in [4.69, 9.17) is 16.3 Å². The quantitative estimate of drug-likeness (QED) is 0.847. The molecule has 0 amide bonds. The van der Waals surface area contributed by atoms with Crippen molar-refractivity contribution in [3.8, 4) is 0 Å². The van der Waals surface area contributed by atoms with Crippen LogP contribution >= 0.6 is 11.6 Å². The average molecular weight is 283 g/mol. The molecule has 1 aliphatic rings. The number of carbonyl (C=O) groups excluding carboxylic acids is 1. The number of aromatic nitrogens is 1. The Hall–Kier alpha value is -0.970. The van der Waals surface area contributed by atoms with Crippen molar-refractivity contribution in [2.24, 2.45) is 0 Å². The summed E-state index contributed by atoms with van der Waals surface area (Å²) in [6.45, 7) is 6.90. The van der Waals surface area contributed by atoms with E-state index in [1.165, 1.54) is 0 Å². The van der Waals surface area contributed by atoms with Gasteiger partial charge >= 0.3 is 0 Å². The standard InChI is InChI=1S/C14H19ClN2O2/c1-14(2,17-5-7-19-8-6-17)13(18)9-11-3-4-16-10-12(11)15/h3-4,10H,5-9H2,1-2H3. The van der Waals surface area contributed by atoms with Gasteiger partial charge in [-0.15, -0.1) is 0 Å². The van der Waals surface area contributed by atoms with Gasteiger partial charge in [-0.1, -0.05) is 11.6 Å². The van der Waals surface area contributed by atoms with Crippen LogP contribution in [0.2, 0.25) is 5.02 Å². The normalized spacial score (nSPS) is 17.4. The fraction of sp³-hybridized carbons (Fsp3) is 0.571. The Labute approximate surface area is 118 Å². The van der Waals surface area contributed by atoms with Crippen LogP contribution < -0.4 is 0 Å². The van der Waals surface area contributed by atoms with Crippen molar-refractivity contribution in [1.29, 1.82) is 0 Å². The lowest BCUT2D eigenvalue weighted by Gasteiger charge is -2.39. The molecule has 2 rings (SSSR count). The predicted molar refractivity (Wildman–Crippen MR) is 74.4 cm³/mol. The van der Waals surface area contributed by atoms with Gasteiger partial charge in [0.2, 0.25) is 0 Å². The van der Waals surface area contributed by atoms with E-state index in [9.17, 15) is 4.79 Å². The van der Waals surface area contributed by atoms with Crippen molar-refractivity contribution < 1.29 is 9.53 Å². The summed E-state index contributed by atoms with van der Waals surface area (Å²) in [6, 6.07) is 1.80. The topological polar surface area (TPSA) is 42.4 Å². The third-order valence-electron chi connectivity index (χ3n) is 3.69. The van der Waals surface area contributed by atoms with Gasteiger partial charge in [0.15, 0.2) is 5.78 Å². The van der Waals surface area contributed by atoms with Gasteiger partial charge in [0, 0.05) is 31.9 Å². The molecule has 0 radical (unpaired) electrons. The summed E-state index contributed by atoms with van der Waals surface area (Å²) in [5, 5.41) is 0.550. The lowest BCUT2D eigenvalue weighted by molar-refractivity contribution is -0.131. The van der Waals surface area contributed by atoms with Gasteiger partial charge in [0.25, 0.3) is 0 Å². The number of rotatable bonds is 4. The molecule has 0 bridgehead atoms. The first-order chi connectivity index (χ1) is 9.01. The van der Waals surface area contributed by atoms with Gasteiger partial charge in [-0.25, -0.2) is 0 Å². The summed E-state index contributed by atoms with van der Waals surface area (Å²) in [5.41, 5.74) is 0.346. The van der Waals surface area contributed by atoms with Gasteiger partial charge in [-0.2, -0.15) is 0 Å². The molecule has 4 nitrogen and oxygen atoms in total. The second-order valence-corrected chi connectivity index (χ2v) is 5.63. The van der Waals surface area contributed by atoms with Crippen LogP contribution in [0.4, 0.5) is 0 Å². The zero-order valence-corrected chi connectivity index (χ0v) is 12.1. The number of ether oxygens (including phenoxy) is 1. The van der Waals surface area contributed by atoms with Crippen LogP contribution in [0, 0.1) is 0 Å². The minimum atomic E-state index is -0.490. The molecule has 0 spiro atoms. The highest BCUT2D eigenvalue weighted by atomic mass is 35.5. The number of hydrogen-bond acceptors (Lipinski definition) is 4. The van der Waals surface area contributed by atoms with E-state index in [-0.39, 0.29) is 5.78 Å². The van der Waals surface area contributed by atoms with Gasteiger partial charge in [0.1, 0.15) is 0 Å². The minimum absolute atomic E-state index is 0.169. The number of nitrogens with zero attached hydrogens (tertiary/aromatic N) is 2. The van der Waals surface area contributed by atoms with E-state index in [0.717, 1.165) is 18.7 Å². The largest absolute Gasteiger partial charge is 0.379 e. The molecule has 104 valence electrons. The Balaban J connectivity index is 2.08. The molecule has 19 heavy (non-hydrogen) atoms. The van der Waals surface area contributed by atoms with Gasteiger partial charge in [0.05, 0.1) is 23.8 Å². The van der Waals surface area contributed by atoms with E-state index < -0.39 is 5.54 Å². The van der Waals surface area contributed by atoms with Crippen LogP contribution in [-0.2, 0) is 16.0 Å². The minimum Gasteiger partial charge on any atom is -0.379 e. The number of Topliss-reactive ketones (excluding diaryl/α,β-unsaturated/α-hetero) is 1. The van der Waals surface area contributed by atoms with E-state index in [1.807, 2.05) is 13.8 Å². The second kappa shape index (κ2) is 5.99. The van der Waals surface area contributed by atoms with Crippen LogP contribution in [0.5, 0.6) is 0 Å². The van der Waals surface area contributed by atoms with Crippen molar-refractivity contribution in [3.63, 3.8) is 0 Å². The van der Waals surface area contributed by atoms with Crippen LogP contribution in [0.15, 0.2) is 18.5 Å². The number of hydrogen-bond donors (Lipinski definition) is 0. The van der Waals surface area contributed by atoms with Crippen molar-refractivity contribution >= 4 is 17.4 Å². The molecule has 5 heteroatoms. The highest BCUT2D eigenvalue weighted by Gasteiger charge is 2.35. The van der Waals surface area contributed by atoms with Crippen molar-refractivity contribution in [2.75, 3.05) is 26.3 Å². The first-order valence-electron chi connectivity index (χ1n) is 6.46. The third kappa shape index (κ3) is 3.32. The Bertz CT molecular complexity index is 457. The molecule has 0 atom stereocenters. The number of carbonyl (C=O) groups is 1. The van der Waals surface area contributed by atoms with Crippen molar-refractivity contribution in [3.05, 3.63) is 29.0 Å². The monoisotopic (exact) mass is 282 g/mol. The van der Waals surface area contributed by atoms with Crippen LogP contribution in [0.25, 0.3) is 0 Å². The Morgan fingerprint density at radius 3 is 2.79 bits per heavy atom. The van der Waals surface area contributed by atoms with Crippen LogP contribution in [-0.4, -0.2) is 47.5 Å². The maximum absolute atomic E-state index is 12.5. The molecular weight excluding hydrogens is 264 g/mol. The molecule has 0 aliphatic carbocycles. The zero-order chi connectivity index (χ0) is 13.9. The molecule has 0 aromatic carbocycles. The van der Waals surface area contributed by atoms with Crippen molar-refractivity contribution in [1.82, 2.24) is 9.88 Å². The fourth-order valence-electron chi connectivity index (χ4n) is 2.24. The maximum Gasteiger partial charge on any atom is 0.156 e. The van der Waals surface area contributed by atoms with E-state index in [1.54, 1.807) is 18.5 Å². The molecule has 1 fully saturated rings. The second-order valence-electron chi connectivity index (χ2n) is 5.23. The van der Waals surface area contributed by atoms with Crippen LogP contribution in [0.1, 0.15) is 19.4 Å². The smallest absolute Gasteiger partial charge is 0.156 e. The lowest BCUT2D eigenvalue weighted by Crippen LogP contribution is -2.54. The Kier molecular flexibility index (Phi) is 4.55. The summed E-state index contributed by atoms with van der Waals surface area (Å²) in [6.07, 6.45) is 3.58. The molecule has 0 saturated carbocycles. The summed E-state index contributed by atoms with van der Waals surface area (Å²) >= 11 is 6.06. The lowest BCUT2D eigenvalue weighted by atomic mass is 9.91. The summed E-state index contributed by atoms with van der Waals surface area (Å²) < 4.78 is 5.33. The summed E-state index contributed by atoms with van der Waals surface area (Å²) in [7, 11) is 0. The Morgan fingerprint density at radius 1 is 1.47 bits per heavy atom. The molecule has 1 aromatic heterocycles. The zero-order valence-electron chi connectivity index (χ0n) is 11.4. The molecule has 1 aliphatic heterocycles. The summed E-state index contributed by atoms with van der Waals surface area (Å²) in [5.74, 6) is 0.169. The first kappa shape index (κ1) is 14.4. The SMILES string of the molecule is CC(C)(C(=O)Cc1ccncc1Cl)N1CCOCC1. The van der Waals surface area contributed by atoms with E-state index in [0.29, 0.717) is 24.7 Å².